The summed E-state index contributed by atoms with van der Waals surface area (Å²) in [5, 5.41) is 1.76. The highest BCUT2D eigenvalue weighted by molar-refractivity contribution is 7.91. The number of nitrogens with zero attached hydrogens (tertiary/aromatic N) is 2. The molecule has 3 aromatic rings. The highest BCUT2D eigenvalue weighted by Crippen LogP contribution is 2.28. The number of hydrogen-bond donors (Lipinski definition) is 0. The Morgan fingerprint density at radius 2 is 1.34 bits per heavy atom. The highest BCUT2D eigenvalue weighted by atomic mass is 32.2. The topological polar surface area (TPSA) is 57.7 Å². The number of rotatable bonds is 5. The first-order valence-corrected chi connectivity index (χ1v) is 11.8. The summed E-state index contributed by atoms with van der Waals surface area (Å²) >= 11 is 1.22. The van der Waals surface area contributed by atoms with Crippen LogP contribution in [0.1, 0.15) is 17.0 Å². The molecule has 1 aromatic heterocycles. The van der Waals surface area contributed by atoms with Crippen molar-refractivity contribution in [3.63, 3.8) is 0 Å². The minimum atomic E-state index is -3.48. The third-order valence-corrected chi connectivity index (χ3v) is 8.42. The monoisotopic (exact) mass is 426 g/mol. The molecule has 1 fully saturated rings. The van der Waals surface area contributed by atoms with Gasteiger partial charge < -0.3 is 4.90 Å². The molecule has 4 rings (SSSR count). The molecule has 1 saturated heterocycles. The lowest BCUT2D eigenvalue weighted by Crippen LogP contribution is -2.51. The first kappa shape index (κ1) is 19.8. The van der Waals surface area contributed by atoms with Crippen LogP contribution in [-0.4, -0.2) is 49.7 Å². The van der Waals surface area contributed by atoms with Gasteiger partial charge in [0.05, 0.1) is 5.92 Å². The van der Waals surface area contributed by atoms with Crippen molar-refractivity contribution in [1.82, 2.24) is 9.21 Å². The predicted octanol–water partition coefficient (Wildman–Crippen LogP) is 3.41. The summed E-state index contributed by atoms with van der Waals surface area (Å²) in [6.07, 6.45) is 0. The number of thiophene rings is 1. The standard InChI is InChI=1S/C22H22N2O3S2/c25-22(21(18-8-3-1-4-9-18)19-10-5-2-6-11-19)23-13-15-24(16-14-23)29(26,27)20-12-7-17-28-20/h1-12,17,21H,13-16H2. The van der Waals surface area contributed by atoms with Crippen LogP contribution in [0.4, 0.5) is 0 Å². The fourth-order valence-corrected chi connectivity index (χ4v) is 6.20. The van der Waals surface area contributed by atoms with Gasteiger partial charge in [0.2, 0.25) is 5.91 Å². The Morgan fingerprint density at radius 1 is 0.793 bits per heavy atom. The van der Waals surface area contributed by atoms with Gasteiger partial charge in [-0.2, -0.15) is 4.31 Å². The number of piperazine rings is 1. The summed E-state index contributed by atoms with van der Waals surface area (Å²) < 4.78 is 27.3. The summed E-state index contributed by atoms with van der Waals surface area (Å²) in [4.78, 5) is 15.2. The van der Waals surface area contributed by atoms with Crippen molar-refractivity contribution in [2.45, 2.75) is 10.1 Å². The number of amides is 1. The van der Waals surface area contributed by atoms with Crippen molar-refractivity contribution in [2.24, 2.45) is 0 Å². The van der Waals surface area contributed by atoms with Gasteiger partial charge in [0, 0.05) is 26.2 Å². The Bertz CT molecular complexity index is 1000. The van der Waals surface area contributed by atoms with Crippen molar-refractivity contribution in [3.8, 4) is 0 Å². The lowest BCUT2D eigenvalue weighted by molar-refractivity contribution is -0.133. The van der Waals surface area contributed by atoms with Gasteiger partial charge in [-0.3, -0.25) is 4.79 Å². The van der Waals surface area contributed by atoms with Crippen LogP contribution >= 0.6 is 11.3 Å². The molecule has 0 aliphatic carbocycles. The molecule has 0 bridgehead atoms. The van der Waals surface area contributed by atoms with Gasteiger partial charge in [-0.25, -0.2) is 8.42 Å². The number of carbonyl (C=O) groups excluding carboxylic acids is 1. The molecule has 2 aromatic carbocycles. The molecule has 29 heavy (non-hydrogen) atoms. The molecule has 1 aliphatic rings. The molecule has 1 amide bonds. The normalized spacial score (nSPS) is 15.6. The number of sulfonamides is 1. The molecule has 1 aliphatic heterocycles. The Balaban J connectivity index is 1.53. The average Bonchev–Trinajstić information content (AvgIpc) is 3.31. The maximum Gasteiger partial charge on any atom is 0.252 e. The lowest BCUT2D eigenvalue weighted by atomic mass is 9.90. The molecule has 150 valence electrons. The molecule has 0 radical (unpaired) electrons. The second-order valence-electron chi connectivity index (χ2n) is 6.92. The summed E-state index contributed by atoms with van der Waals surface area (Å²) in [6.45, 7) is 1.39. The molecule has 0 unspecified atom stereocenters. The first-order valence-electron chi connectivity index (χ1n) is 9.50. The van der Waals surface area contributed by atoms with E-state index in [1.807, 2.05) is 60.7 Å². The van der Waals surface area contributed by atoms with Crippen LogP contribution in [0.25, 0.3) is 0 Å². The highest BCUT2D eigenvalue weighted by Gasteiger charge is 2.34. The van der Waals surface area contributed by atoms with Crippen molar-refractivity contribution >= 4 is 27.3 Å². The SMILES string of the molecule is O=C(C(c1ccccc1)c1ccccc1)N1CCN(S(=O)(=O)c2cccs2)CC1. The molecule has 7 heteroatoms. The first-order chi connectivity index (χ1) is 14.1. The van der Waals surface area contributed by atoms with Crippen LogP contribution in [-0.2, 0) is 14.8 Å². The van der Waals surface area contributed by atoms with Crippen molar-refractivity contribution in [3.05, 3.63) is 89.3 Å². The molecule has 5 nitrogen and oxygen atoms in total. The number of carbonyl (C=O) groups is 1. The third-order valence-electron chi connectivity index (χ3n) is 5.15. The number of benzene rings is 2. The van der Waals surface area contributed by atoms with Crippen LogP contribution < -0.4 is 0 Å². The maximum atomic E-state index is 13.4. The van der Waals surface area contributed by atoms with E-state index in [-0.39, 0.29) is 5.91 Å². The maximum absolute atomic E-state index is 13.4. The third kappa shape index (κ3) is 4.12. The van der Waals surface area contributed by atoms with Gasteiger partial charge in [-0.15, -0.1) is 11.3 Å². The molecule has 0 saturated carbocycles. The smallest absolute Gasteiger partial charge is 0.252 e. The van der Waals surface area contributed by atoms with Crippen LogP contribution in [0.5, 0.6) is 0 Å². The zero-order valence-corrected chi connectivity index (χ0v) is 17.5. The minimum absolute atomic E-state index is 0.00979. The summed E-state index contributed by atoms with van der Waals surface area (Å²) in [5.41, 5.74) is 1.88. The summed E-state index contributed by atoms with van der Waals surface area (Å²) in [6, 6.07) is 22.8. The molecular formula is C22H22N2O3S2. The van der Waals surface area contributed by atoms with E-state index in [1.165, 1.54) is 15.6 Å². The van der Waals surface area contributed by atoms with Crippen LogP contribution in [0.15, 0.2) is 82.4 Å². The van der Waals surface area contributed by atoms with E-state index in [2.05, 4.69) is 0 Å². The van der Waals surface area contributed by atoms with Crippen molar-refractivity contribution in [2.75, 3.05) is 26.2 Å². The second-order valence-corrected chi connectivity index (χ2v) is 10.0. The molecule has 0 N–H and O–H groups in total. The summed E-state index contributed by atoms with van der Waals surface area (Å²) in [7, 11) is -3.48. The zero-order chi connectivity index (χ0) is 20.3. The van der Waals surface area contributed by atoms with Gasteiger partial charge in [-0.1, -0.05) is 66.7 Å². The Labute approximate surface area is 175 Å². The fraction of sp³-hybridized carbons (Fsp3) is 0.227. The zero-order valence-electron chi connectivity index (χ0n) is 15.8. The largest absolute Gasteiger partial charge is 0.339 e. The van der Waals surface area contributed by atoms with E-state index in [1.54, 1.807) is 22.4 Å². The van der Waals surface area contributed by atoms with Gasteiger partial charge in [0.1, 0.15) is 4.21 Å². The van der Waals surface area contributed by atoms with Gasteiger partial charge in [0.25, 0.3) is 10.0 Å². The van der Waals surface area contributed by atoms with Crippen molar-refractivity contribution < 1.29 is 13.2 Å². The molecule has 2 heterocycles. The van der Waals surface area contributed by atoms with Crippen molar-refractivity contribution in [1.29, 1.82) is 0 Å². The Hall–Kier alpha value is -2.48. The lowest BCUT2D eigenvalue weighted by Gasteiger charge is -2.35. The van der Waals surface area contributed by atoms with E-state index in [4.69, 9.17) is 0 Å². The quantitative estimate of drug-likeness (QED) is 0.628. The van der Waals surface area contributed by atoms with Crippen LogP contribution in [0.3, 0.4) is 0 Å². The van der Waals surface area contributed by atoms with E-state index in [0.717, 1.165) is 11.1 Å². The van der Waals surface area contributed by atoms with Gasteiger partial charge in [-0.05, 0) is 22.6 Å². The van der Waals surface area contributed by atoms with E-state index in [9.17, 15) is 13.2 Å². The molecule has 0 spiro atoms. The average molecular weight is 427 g/mol. The van der Waals surface area contributed by atoms with Gasteiger partial charge in [0.15, 0.2) is 0 Å². The number of hydrogen-bond acceptors (Lipinski definition) is 4. The van der Waals surface area contributed by atoms with Gasteiger partial charge >= 0.3 is 0 Å². The van der Waals surface area contributed by atoms with E-state index < -0.39 is 15.9 Å². The van der Waals surface area contributed by atoms with E-state index in [0.29, 0.717) is 30.4 Å². The van der Waals surface area contributed by atoms with E-state index >= 15 is 0 Å². The molecule has 0 atom stereocenters. The Morgan fingerprint density at radius 3 is 1.83 bits per heavy atom. The predicted molar refractivity (Wildman–Crippen MR) is 114 cm³/mol. The Kier molecular flexibility index (Phi) is 5.80. The van der Waals surface area contributed by atoms with Crippen LogP contribution in [0.2, 0.25) is 0 Å². The fourth-order valence-electron chi connectivity index (χ4n) is 3.64. The minimum Gasteiger partial charge on any atom is -0.339 e. The second kappa shape index (κ2) is 8.49. The van der Waals surface area contributed by atoms with Crippen LogP contribution in [0, 0.1) is 0 Å². The summed E-state index contributed by atoms with van der Waals surface area (Å²) in [5.74, 6) is -0.381. The molecular weight excluding hydrogens is 404 g/mol.